The molecule has 18 heavy (non-hydrogen) atoms. The van der Waals surface area contributed by atoms with Crippen molar-refractivity contribution in [2.75, 3.05) is 24.6 Å². The van der Waals surface area contributed by atoms with Crippen LogP contribution in [0.15, 0.2) is 24.3 Å². The van der Waals surface area contributed by atoms with E-state index in [1.807, 2.05) is 0 Å². The van der Waals surface area contributed by atoms with Crippen molar-refractivity contribution >= 4 is 5.69 Å². The Hall–Kier alpha value is -1.02. The average molecular weight is 247 g/mol. The highest BCUT2D eigenvalue weighted by molar-refractivity contribution is 5.55. The molecule has 1 heterocycles. The second-order valence-corrected chi connectivity index (χ2v) is 5.66. The van der Waals surface area contributed by atoms with Crippen LogP contribution >= 0.6 is 0 Å². The Morgan fingerprint density at radius 1 is 1.22 bits per heavy atom. The molecular weight excluding hydrogens is 222 g/mol. The fourth-order valence-electron chi connectivity index (χ4n) is 2.91. The van der Waals surface area contributed by atoms with Gasteiger partial charge in [0.1, 0.15) is 0 Å². The molecule has 2 rings (SSSR count). The Labute approximate surface area is 111 Å². The van der Waals surface area contributed by atoms with Gasteiger partial charge >= 0.3 is 0 Å². The Morgan fingerprint density at radius 3 is 2.50 bits per heavy atom. The number of piperidine rings is 1. The van der Waals surface area contributed by atoms with Gasteiger partial charge in [-0.25, -0.2) is 0 Å². The van der Waals surface area contributed by atoms with E-state index in [1.165, 1.54) is 24.1 Å². The molecule has 2 nitrogen and oxygen atoms in total. The third-order valence-corrected chi connectivity index (χ3v) is 4.05. The summed E-state index contributed by atoms with van der Waals surface area (Å²) in [6.45, 7) is 7.13. The predicted octanol–water partition coefficient (Wildman–Crippen LogP) is 3.41. The third-order valence-electron chi connectivity index (χ3n) is 4.05. The van der Waals surface area contributed by atoms with Crippen LogP contribution in [-0.4, -0.2) is 24.8 Å². The summed E-state index contributed by atoms with van der Waals surface area (Å²) >= 11 is 0. The van der Waals surface area contributed by atoms with Gasteiger partial charge in [0.05, 0.1) is 0 Å². The van der Waals surface area contributed by atoms with E-state index in [0.29, 0.717) is 12.5 Å². The topological polar surface area (TPSA) is 23.5 Å². The molecule has 0 radical (unpaired) electrons. The van der Waals surface area contributed by atoms with Crippen LogP contribution < -0.4 is 4.90 Å². The molecular formula is C16H25NO. The maximum atomic E-state index is 9.00. The zero-order chi connectivity index (χ0) is 13.0. The van der Waals surface area contributed by atoms with Gasteiger partial charge in [-0.3, -0.25) is 0 Å². The molecule has 1 aliphatic heterocycles. The van der Waals surface area contributed by atoms with Crippen molar-refractivity contribution in [3.05, 3.63) is 29.8 Å². The maximum Gasteiger partial charge on any atom is 0.0433 e. The lowest BCUT2D eigenvalue weighted by molar-refractivity contribution is 0.240. The number of nitrogens with zero attached hydrogens (tertiary/aromatic N) is 1. The molecule has 1 saturated heterocycles. The number of hydrogen-bond donors (Lipinski definition) is 1. The minimum atomic E-state index is 0.341. The summed E-state index contributed by atoms with van der Waals surface area (Å²) in [6, 6.07) is 8.78. The van der Waals surface area contributed by atoms with Gasteiger partial charge < -0.3 is 10.0 Å². The normalized spacial score (nSPS) is 17.4. The Kier molecular flexibility index (Phi) is 4.65. The lowest BCUT2D eigenvalue weighted by Gasteiger charge is -2.35. The van der Waals surface area contributed by atoms with Crippen LogP contribution in [0.2, 0.25) is 0 Å². The number of hydrogen-bond acceptors (Lipinski definition) is 2. The van der Waals surface area contributed by atoms with E-state index < -0.39 is 0 Å². The van der Waals surface area contributed by atoms with E-state index in [-0.39, 0.29) is 0 Å². The van der Waals surface area contributed by atoms with Crippen molar-refractivity contribution in [2.24, 2.45) is 5.92 Å². The summed E-state index contributed by atoms with van der Waals surface area (Å²) in [5.41, 5.74) is 2.87. The van der Waals surface area contributed by atoms with Crippen LogP contribution in [0.4, 0.5) is 5.69 Å². The van der Waals surface area contributed by atoms with Crippen molar-refractivity contribution < 1.29 is 5.11 Å². The largest absolute Gasteiger partial charge is 0.396 e. The van der Waals surface area contributed by atoms with Crippen molar-refractivity contribution in [3.8, 4) is 0 Å². The van der Waals surface area contributed by atoms with Gasteiger partial charge in [0.2, 0.25) is 0 Å². The highest BCUT2D eigenvalue weighted by atomic mass is 16.3. The fraction of sp³-hybridized carbons (Fsp3) is 0.625. The number of rotatable bonds is 4. The molecule has 100 valence electrons. The molecule has 1 aromatic carbocycles. The van der Waals surface area contributed by atoms with Gasteiger partial charge in [-0.2, -0.15) is 0 Å². The first-order valence-corrected chi connectivity index (χ1v) is 7.17. The van der Waals surface area contributed by atoms with E-state index in [1.54, 1.807) is 0 Å². The Bertz CT molecular complexity index is 367. The first kappa shape index (κ1) is 13.4. The SMILES string of the molecule is CC(C)c1ccccc1N1CCC(CCO)CC1. The van der Waals surface area contributed by atoms with Gasteiger partial charge in [0.25, 0.3) is 0 Å². The smallest absolute Gasteiger partial charge is 0.0433 e. The minimum absolute atomic E-state index is 0.341. The number of aliphatic hydroxyl groups excluding tert-OH is 1. The van der Waals surface area contributed by atoms with Crippen molar-refractivity contribution in [1.29, 1.82) is 0 Å². The van der Waals surface area contributed by atoms with Crippen LogP contribution in [-0.2, 0) is 0 Å². The quantitative estimate of drug-likeness (QED) is 0.881. The zero-order valence-electron chi connectivity index (χ0n) is 11.6. The second-order valence-electron chi connectivity index (χ2n) is 5.66. The van der Waals surface area contributed by atoms with Crippen LogP contribution in [0.25, 0.3) is 0 Å². The summed E-state index contributed by atoms with van der Waals surface area (Å²) in [5, 5.41) is 9.00. The molecule has 0 bridgehead atoms. The van der Waals surface area contributed by atoms with Crippen molar-refractivity contribution in [2.45, 2.75) is 39.0 Å². The summed E-state index contributed by atoms with van der Waals surface area (Å²) in [6.07, 6.45) is 3.40. The highest BCUT2D eigenvalue weighted by Gasteiger charge is 2.20. The predicted molar refractivity (Wildman–Crippen MR) is 77.2 cm³/mol. The number of anilines is 1. The minimum Gasteiger partial charge on any atom is -0.396 e. The van der Waals surface area contributed by atoms with Gasteiger partial charge in [0, 0.05) is 25.4 Å². The first-order valence-electron chi connectivity index (χ1n) is 7.17. The van der Waals surface area contributed by atoms with Crippen molar-refractivity contribution in [3.63, 3.8) is 0 Å². The van der Waals surface area contributed by atoms with Crippen LogP contribution in [0.1, 0.15) is 44.6 Å². The van der Waals surface area contributed by atoms with Crippen LogP contribution in [0.3, 0.4) is 0 Å². The van der Waals surface area contributed by atoms with E-state index in [4.69, 9.17) is 5.11 Å². The molecule has 0 atom stereocenters. The van der Waals surface area contributed by atoms with E-state index in [0.717, 1.165) is 25.4 Å². The Balaban J connectivity index is 2.05. The third kappa shape index (κ3) is 3.05. The first-order chi connectivity index (χ1) is 8.72. The second kappa shape index (κ2) is 6.24. The summed E-state index contributed by atoms with van der Waals surface area (Å²) < 4.78 is 0. The molecule has 1 fully saturated rings. The van der Waals surface area contributed by atoms with Gasteiger partial charge in [-0.15, -0.1) is 0 Å². The van der Waals surface area contributed by atoms with Crippen LogP contribution in [0, 0.1) is 5.92 Å². The van der Waals surface area contributed by atoms with E-state index in [9.17, 15) is 0 Å². The maximum absolute atomic E-state index is 9.00. The van der Waals surface area contributed by atoms with E-state index in [2.05, 4.69) is 43.0 Å². The summed E-state index contributed by atoms with van der Waals surface area (Å²) in [5.74, 6) is 1.30. The molecule has 1 aromatic rings. The fourth-order valence-corrected chi connectivity index (χ4v) is 2.91. The summed E-state index contributed by atoms with van der Waals surface area (Å²) in [4.78, 5) is 2.52. The Morgan fingerprint density at radius 2 is 1.89 bits per heavy atom. The van der Waals surface area contributed by atoms with Crippen molar-refractivity contribution in [1.82, 2.24) is 0 Å². The molecule has 0 saturated carbocycles. The average Bonchev–Trinajstić information content (AvgIpc) is 2.40. The van der Waals surface area contributed by atoms with Gasteiger partial charge in [-0.05, 0) is 42.7 Å². The number of aliphatic hydroxyl groups is 1. The van der Waals surface area contributed by atoms with E-state index >= 15 is 0 Å². The lowest BCUT2D eigenvalue weighted by Crippen LogP contribution is -2.34. The monoisotopic (exact) mass is 247 g/mol. The number of para-hydroxylation sites is 1. The molecule has 1 aliphatic rings. The molecule has 0 amide bonds. The molecule has 0 unspecified atom stereocenters. The van der Waals surface area contributed by atoms with Crippen LogP contribution in [0.5, 0.6) is 0 Å². The number of benzene rings is 1. The standard InChI is InChI=1S/C16H25NO/c1-13(2)15-5-3-4-6-16(15)17-10-7-14(8-11-17)9-12-18/h3-6,13-14,18H,7-12H2,1-2H3. The molecule has 0 aliphatic carbocycles. The van der Waals surface area contributed by atoms with Gasteiger partial charge in [-0.1, -0.05) is 32.0 Å². The highest BCUT2D eigenvalue weighted by Crippen LogP contribution is 2.31. The zero-order valence-corrected chi connectivity index (χ0v) is 11.6. The van der Waals surface area contributed by atoms with Gasteiger partial charge in [0.15, 0.2) is 0 Å². The molecule has 1 N–H and O–H groups in total. The summed E-state index contributed by atoms with van der Waals surface area (Å²) in [7, 11) is 0. The molecule has 0 aromatic heterocycles. The molecule has 0 spiro atoms. The molecule has 2 heteroatoms. The lowest BCUT2D eigenvalue weighted by atomic mass is 9.92.